The van der Waals surface area contributed by atoms with Crippen LogP contribution >= 0.6 is 17.0 Å². The molecule has 0 aliphatic heterocycles. The molecule has 0 aromatic heterocycles. The van der Waals surface area contributed by atoms with Crippen LogP contribution in [0, 0.1) is 38.5 Å². The third-order valence-electron chi connectivity index (χ3n) is 5.54. The van der Waals surface area contributed by atoms with Crippen LogP contribution in [0.5, 0.6) is 0 Å². The number of hydrogen-bond acceptors (Lipinski definition) is 0. The Morgan fingerprint density at radius 3 is 1.19 bits per heavy atom. The van der Waals surface area contributed by atoms with E-state index in [0.29, 0.717) is 0 Å². The van der Waals surface area contributed by atoms with Crippen LogP contribution in [0.4, 0.5) is 0 Å². The molecule has 0 spiro atoms. The monoisotopic (exact) mass is 502 g/mol. The van der Waals surface area contributed by atoms with Crippen molar-refractivity contribution in [3.05, 3.63) is 14.9 Å². The molecule has 0 heterocycles. The summed E-state index contributed by atoms with van der Waals surface area (Å²) in [4.78, 5) is 0. The van der Waals surface area contributed by atoms with Crippen LogP contribution < -0.4 is 0 Å². The molecule has 2 fully saturated rings. The van der Waals surface area contributed by atoms with Gasteiger partial charge >= 0.3 is 37.9 Å². The van der Waals surface area contributed by atoms with Crippen molar-refractivity contribution in [2.24, 2.45) is 23.7 Å². The summed E-state index contributed by atoms with van der Waals surface area (Å²) in [5, 5.41) is 0. The van der Waals surface area contributed by atoms with Gasteiger partial charge in [-0.1, -0.05) is 107 Å². The van der Waals surface area contributed by atoms with Crippen LogP contribution in [-0.2, 0) is 20.8 Å². The van der Waals surface area contributed by atoms with Crippen molar-refractivity contribution in [2.75, 3.05) is 0 Å². The quantitative estimate of drug-likeness (QED) is 0.315. The Morgan fingerprint density at radius 1 is 0.704 bits per heavy atom. The van der Waals surface area contributed by atoms with Crippen LogP contribution in [0.2, 0.25) is 0 Å². The summed E-state index contributed by atoms with van der Waals surface area (Å²) >= 11 is -0.826. The molecule has 4 unspecified atom stereocenters. The Bertz CT molecular complexity index is 225. The standard InChI is InChI=1S/2C10H20.2CH4.2CH3.2ClH.Zr/c2*1-3-4-5-10-7-6-9(2)8-10;;;;;;;/h2*9-10H,3-8H2,1-2H3;2*1H4;2*1H3;2*1H;/q;;;;2*-1;;;+4/p-2. The normalized spacial score (nSPS) is 24.8. The van der Waals surface area contributed by atoms with E-state index in [4.69, 9.17) is 17.0 Å². The van der Waals surface area contributed by atoms with Gasteiger partial charge in [-0.2, -0.15) is 0 Å². The van der Waals surface area contributed by atoms with E-state index in [9.17, 15) is 0 Å². The molecule has 27 heavy (non-hydrogen) atoms. The fourth-order valence-corrected chi connectivity index (χ4v) is 4.16. The molecule has 0 nitrogen and oxygen atoms in total. The SMILES string of the molecule is C.C.CCCCC1CCC(C)C1.CCCCC1CCC(C)C1.[CH3-].[CH3-].[Cl][Zr+2][Cl]. The van der Waals surface area contributed by atoms with Gasteiger partial charge < -0.3 is 14.9 Å². The van der Waals surface area contributed by atoms with E-state index >= 15 is 0 Å². The van der Waals surface area contributed by atoms with Crippen molar-refractivity contribution in [2.45, 2.75) is 120 Å². The van der Waals surface area contributed by atoms with Gasteiger partial charge in [0.25, 0.3) is 0 Å². The van der Waals surface area contributed by atoms with E-state index in [-0.39, 0.29) is 29.7 Å². The second kappa shape index (κ2) is 27.5. The second-order valence-corrected chi connectivity index (χ2v) is 11.7. The Labute approximate surface area is 195 Å². The predicted octanol–water partition coefficient (Wildman–Crippen LogP) is 10.8. The van der Waals surface area contributed by atoms with Gasteiger partial charge in [0.05, 0.1) is 0 Å². The summed E-state index contributed by atoms with van der Waals surface area (Å²) in [6, 6.07) is 0. The van der Waals surface area contributed by atoms with Crippen molar-refractivity contribution < 1.29 is 20.8 Å². The molecule has 2 aliphatic rings. The molecule has 4 atom stereocenters. The van der Waals surface area contributed by atoms with Gasteiger partial charge in [0, 0.05) is 0 Å². The molecule has 0 radical (unpaired) electrons. The van der Waals surface area contributed by atoms with Gasteiger partial charge in [0.15, 0.2) is 0 Å². The molecule has 2 rings (SSSR count). The first kappa shape index (κ1) is 39.0. The summed E-state index contributed by atoms with van der Waals surface area (Å²) in [5.41, 5.74) is 0. The average molecular weight is 505 g/mol. The van der Waals surface area contributed by atoms with E-state index in [2.05, 4.69) is 27.7 Å². The average Bonchev–Trinajstić information content (AvgIpc) is 3.13. The summed E-state index contributed by atoms with van der Waals surface area (Å²) in [6.45, 7) is 9.37. The topological polar surface area (TPSA) is 0 Å². The van der Waals surface area contributed by atoms with Crippen LogP contribution in [-0.4, -0.2) is 0 Å². The predicted molar refractivity (Wildman–Crippen MR) is 130 cm³/mol. The van der Waals surface area contributed by atoms with Crippen LogP contribution in [0.1, 0.15) is 120 Å². The number of unbranched alkanes of at least 4 members (excludes halogenated alkanes) is 2. The number of halogens is 2. The minimum atomic E-state index is -0.826. The first-order valence-electron chi connectivity index (χ1n) is 10.0. The van der Waals surface area contributed by atoms with Gasteiger partial charge in [-0.05, 0) is 36.5 Å². The van der Waals surface area contributed by atoms with Crippen LogP contribution in [0.25, 0.3) is 0 Å². The Kier molecular flexibility index (Phi) is 39.7. The van der Waals surface area contributed by atoms with Crippen molar-refractivity contribution in [3.63, 3.8) is 0 Å². The third-order valence-corrected chi connectivity index (χ3v) is 5.54. The molecule has 3 heteroatoms. The zero-order chi connectivity index (χ0) is 17.5. The first-order chi connectivity index (χ1) is 11.1. The van der Waals surface area contributed by atoms with Crippen molar-refractivity contribution >= 4 is 17.0 Å². The van der Waals surface area contributed by atoms with E-state index in [1.54, 1.807) is 0 Å². The fraction of sp³-hybridized carbons (Fsp3) is 0.917. The minimum absolute atomic E-state index is 0. The van der Waals surface area contributed by atoms with E-state index in [1.807, 2.05) is 0 Å². The second-order valence-electron chi connectivity index (χ2n) is 7.92. The van der Waals surface area contributed by atoms with Crippen molar-refractivity contribution in [1.82, 2.24) is 0 Å². The summed E-state index contributed by atoms with van der Waals surface area (Å²) in [7, 11) is 9.87. The summed E-state index contributed by atoms with van der Waals surface area (Å²) in [6.07, 6.45) is 17.7. The first-order valence-corrected chi connectivity index (χ1v) is 16.4. The van der Waals surface area contributed by atoms with E-state index < -0.39 is 20.8 Å². The molecule has 168 valence electrons. The van der Waals surface area contributed by atoms with Gasteiger partial charge in [0.2, 0.25) is 0 Å². The molecule has 2 aliphatic carbocycles. The molecule has 0 aromatic rings. The van der Waals surface area contributed by atoms with Gasteiger partial charge in [-0.15, -0.1) is 0 Å². The van der Waals surface area contributed by atoms with Gasteiger partial charge in [0.1, 0.15) is 0 Å². The molecular formula is C24H54Cl2Zr. The molecule has 2 saturated carbocycles. The Balaban J connectivity index is -0.0000000924. The number of rotatable bonds is 6. The molecule has 0 saturated heterocycles. The molecule has 0 aromatic carbocycles. The fourth-order valence-electron chi connectivity index (χ4n) is 4.16. The zero-order valence-electron chi connectivity index (χ0n) is 18.1. The van der Waals surface area contributed by atoms with Crippen LogP contribution in [0.15, 0.2) is 0 Å². The van der Waals surface area contributed by atoms with E-state index in [0.717, 1.165) is 23.7 Å². The maximum atomic E-state index is 4.93. The summed E-state index contributed by atoms with van der Waals surface area (Å²) in [5.74, 6) is 4.24. The van der Waals surface area contributed by atoms with Gasteiger partial charge in [-0.25, -0.2) is 0 Å². The molecule has 0 N–H and O–H groups in total. The van der Waals surface area contributed by atoms with Crippen molar-refractivity contribution in [1.29, 1.82) is 0 Å². The third kappa shape index (κ3) is 23.6. The summed E-state index contributed by atoms with van der Waals surface area (Å²) < 4.78 is 0. The number of hydrogen-bond donors (Lipinski definition) is 0. The van der Waals surface area contributed by atoms with Crippen LogP contribution in [0.3, 0.4) is 0 Å². The van der Waals surface area contributed by atoms with Crippen molar-refractivity contribution in [3.8, 4) is 0 Å². The Hall–Kier alpha value is 1.46. The van der Waals surface area contributed by atoms with E-state index in [1.165, 1.54) is 77.0 Å². The maximum absolute atomic E-state index is 4.93. The van der Waals surface area contributed by atoms with Gasteiger partial charge in [-0.3, -0.25) is 0 Å². The molecule has 0 amide bonds. The Morgan fingerprint density at radius 2 is 1.00 bits per heavy atom. The molecule has 0 bridgehead atoms. The molecular weight excluding hydrogens is 450 g/mol. The zero-order valence-corrected chi connectivity index (χ0v) is 22.0.